The van der Waals surface area contributed by atoms with Gasteiger partial charge in [0.05, 0.1) is 12.2 Å². The van der Waals surface area contributed by atoms with E-state index < -0.39 is 28.7 Å². The lowest BCUT2D eigenvalue weighted by atomic mass is 9.79. The summed E-state index contributed by atoms with van der Waals surface area (Å²) in [6.07, 6.45) is 0.947. The summed E-state index contributed by atoms with van der Waals surface area (Å²) in [7, 11) is -3.82. The van der Waals surface area contributed by atoms with Gasteiger partial charge in [0.15, 0.2) is 16.6 Å². The quantitative estimate of drug-likeness (QED) is 0.211. The van der Waals surface area contributed by atoms with Crippen LogP contribution in [0.5, 0.6) is 0 Å². The molecule has 0 spiro atoms. The molecule has 0 aliphatic carbocycles. The van der Waals surface area contributed by atoms with Gasteiger partial charge in [0.2, 0.25) is 0 Å². The van der Waals surface area contributed by atoms with Crippen LogP contribution in [0, 0.1) is 23.7 Å². The molecule has 0 rings (SSSR count). The largest absolute Gasteiger partial charge is 0.414 e. The molecule has 0 aliphatic heterocycles. The first kappa shape index (κ1) is 34.0. The predicted octanol–water partition coefficient (Wildman–Crippen LogP) is 8.06. The van der Waals surface area contributed by atoms with Crippen molar-refractivity contribution in [3.8, 4) is 0 Å². The molecule has 0 aromatic heterocycles. The average molecular weight is 517 g/mol. The number of hydrogen-bond donors (Lipinski definition) is 1. The number of carbonyl (C=O) groups is 1. The number of carbonyl (C=O) groups excluding carboxylic acids is 1. The Morgan fingerprint density at radius 1 is 0.824 bits per heavy atom. The highest BCUT2D eigenvalue weighted by atomic mass is 28.4. The molecule has 7 atom stereocenters. The highest BCUT2D eigenvalue weighted by Gasteiger charge is 2.43. The van der Waals surface area contributed by atoms with Crippen LogP contribution >= 0.6 is 0 Å². The summed E-state index contributed by atoms with van der Waals surface area (Å²) in [6, 6.07) is 3.23. The van der Waals surface area contributed by atoms with Gasteiger partial charge >= 0.3 is 0 Å². The molecule has 0 aromatic rings. The zero-order valence-corrected chi connectivity index (χ0v) is 27.2. The Morgan fingerprint density at radius 2 is 1.29 bits per heavy atom. The van der Waals surface area contributed by atoms with Gasteiger partial charge in [-0.15, -0.1) is 0 Å². The third-order valence-corrected chi connectivity index (χ3v) is 18.3. The molecule has 2 unspecified atom stereocenters. The summed E-state index contributed by atoms with van der Waals surface area (Å²) < 4.78 is 13.6. The molecule has 34 heavy (non-hydrogen) atoms. The molecule has 0 radical (unpaired) electrons. The maximum Gasteiger partial charge on any atom is 0.192 e. The average Bonchev–Trinajstić information content (AvgIpc) is 2.80. The Labute approximate surface area is 215 Å². The summed E-state index contributed by atoms with van der Waals surface area (Å²) in [4.78, 5) is 13.7. The van der Waals surface area contributed by atoms with E-state index in [1.807, 2.05) is 20.8 Å². The molecule has 0 saturated heterocycles. The van der Waals surface area contributed by atoms with Crippen molar-refractivity contribution in [2.75, 3.05) is 0 Å². The van der Waals surface area contributed by atoms with Gasteiger partial charge in [-0.3, -0.25) is 4.79 Å². The molecule has 0 fully saturated rings. The molecule has 0 heterocycles. The van der Waals surface area contributed by atoms with Crippen LogP contribution in [0.2, 0.25) is 36.3 Å². The summed E-state index contributed by atoms with van der Waals surface area (Å²) >= 11 is 0. The number of hydrogen-bond acceptors (Lipinski definition) is 4. The van der Waals surface area contributed by atoms with E-state index in [0.29, 0.717) is 5.92 Å². The minimum atomic E-state index is -1.97. The van der Waals surface area contributed by atoms with E-state index in [1.54, 1.807) is 0 Å². The van der Waals surface area contributed by atoms with Gasteiger partial charge < -0.3 is 14.0 Å². The van der Waals surface area contributed by atoms with Gasteiger partial charge in [-0.05, 0) is 48.6 Å². The fourth-order valence-corrected chi connectivity index (χ4v) is 9.28. The highest BCUT2D eigenvalue weighted by Crippen LogP contribution is 2.39. The Bertz CT molecular complexity index is 589. The zero-order chi connectivity index (χ0) is 27.1. The van der Waals surface area contributed by atoms with Gasteiger partial charge in [0, 0.05) is 23.9 Å². The zero-order valence-electron chi connectivity index (χ0n) is 25.2. The monoisotopic (exact) mass is 516 g/mol. The van der Waals surface area contributed by atoms with Crippen LogP contribution in [0.4, 0.5) is 0 Å². The normalized spacial score (nSPS) is 19.7. The standard InChI is InChI=1S/C28H60O4Si2/c1-15-20(6)27(32-34(17-3,18-4)19-5)23(9)26(30)22(8)25(29)21(7)24(16-2)31-33(13,14)28(10,11)12/h20-25,27,29H,15-19H2,1-14H3/t20-,21+,22?,23-,24-,25?,27+/m0/s1. The summed E-state index contributed by atoms with van der Waals surface area (Å²) in [5.74, 6) is -0.355. The van der Waals surface area contributed by atoms with Gasteiger partial charge in [-0.25, -0.2) is 0 Å². The van der Waals surface area contributed by atoms with Crippen molar-refractivity contribution in [1.29, 1.82) is 0 Å². The predicted molar refractivity (Wildman–Crippen MR) is 152 cm³/mol. The van der Waals surface area contributed by atoms with Crippen molar-refractivity contribution in [3.63, 3.8) is 0 Å². The van der Waals surface area contributed by atoms with Crippen molar-refractivity contribution in [2.24, 2.45) is 23.7 Å². The lowest BCUT2D eigenvalue weighted by Crippen LogP contribution is -2.50. The van der Waals surface area contributed by atoms with Crippen molar-refractivity contribution in [3.05, 3.63) is 0 Å². The topological polar surface area (TPSA) is 55.8 Å². The van der Waals surface area contributed by atoms with Crippen molar-refractivity contribution >= 4 is 22.4 Å². The maximum atomic E-state index is 13.7. The van der Waals surface area contributed by atoms with Crippen LogP contribution in [-0.4, -0.2) is 45.8 Å². The number of aliphatic hydroxyl groups excluding tert-OH is 1. The van der Waals surface area contributed by atoms with E-state index >= 15 is 0 Å². The molecular weight excluding hydrogens is 456 g/mol. The Balaban J connectivity index is 5.72. The van der Waals surface area contributed by atoms with E-state index in [1.165, 1.54) is 0 Å². The van der Waals surface area contributed by atoms with E-state index in [-0.39, 0.29) is 34.9 Å². The third-order valence-electron chi connectivity index (χ3n) is 9.21. The van der Waals surface area contributed by atoms with Crippen LogP contribution < -0.4 is 0 Å². The van der Waals surface area contributed by atoms with Crippen molar-refractivity contribution in [2.45, 2.75) is 151 Å². The number of aliphatic hydroxyl groups is 1. The second kappa shape index (κ2) is 14.1. The molecule has 4 nitrogen and oxygen atoms in total. The van der Waals surface area contributed by atoms with Crippen LogP contribution in [0.1, 0.15) is 95.9 Å². The molecular formula is C28H60O4Si2. The van der Waals surface area contributed by atoms with Gasteiger partial charge in [0.1, 0.15) is 5.78 Å². The van der Waals surface area contributed by atoms with E-state index in [0.717, 1.165) is 31.0 Å². The SMILES string of the molecule is CC[C@H](O[Si](C)(C)C(C)(C)C)[C@@H](C)C(O)C(C)C(=O)[C@H](C)[C@H](O[Si](CC)(CC)CC)[C@@H](C)CC. The third kappa shape index (κ3) is 8.53. The first-order valence-electron chi connectivity index (χ1n) is 14.1. The second-order valence-electron chi connectivity index (χ2n) is 12.4. The van der Waals surface area contributed by atoms with Crippen LogP contribution in [0.25, 0.3) is 0 Å². The highest BCUT2D eigenvalue weighted by molar-refractivity contribution is 6.74. The van der Waals surface area contributed by atoms with Crippen LogP contribution in [-0.2, 0) is 13.6 Å². The molecule has 0 aromatic carbocycles. The summed E-state index contributed by atoms with van der Waals surface area (Å²) in [5, 5.41) is 11.4. The lowest BCUT2D eigenvalue weighted by molar-refractivity contribution is -0.135. The minimum Gasteiger partial charge on any atom is -0.414 e. The van der Waals surface area contributed by atoms with Gasteiger partial charge in [0.25, 0.3) is 0 Å². The number of rotatable bonds is 16. The fraction of sp³-hybridized carbons (Fsp3) is 0.964. The molecule has 1 N–H and O–H groups in total. The minimum absolute atomic E-state index is 0.0524. The smallest absolute Gasteiger partial charge is 0.192 e. The van der Waals surface area contributed by atoms with Crippen molar-refractivity contribution in [1.82, 2.24) is 0 Å². The lowest BCUT2D eigenvalue weighted by Gasteiger charge is -2.42. The van der Waals surface area contributed by atoms with E-state index in [9.17, 15) is 9.90 Å². The summed E-state index contributed by atoms with van der Waals surface area (Å²) in [5.41, 5.74) is 0. The Morgan fingerprint density at radius 3 is 1.65 bits per heavy atom. The molecule has 0 saturated carbocycles. The number of Topliss-reactive ketones (excluding diaryl/α,β-unsaturated/α-hetero) is 1. The van der Waals surface area contributed by atoms with Crippen LogP contribution in [0.3, 0.4) is 0 Å². The Hall–Kier alpha value is -0.0162. The first-order chi connectivity index (χ1) is 15.5. The molecule has 0 bridgehead atoms. The Kier molecular flexibility index (Phi) is 14.1. The molecule has 6 heteroatoms. The first-order valence-corrected chi connectivity index (χ1v) is 19.5. The van der Waals surface area contributed by atoms with Gasteiger partial charge in [-0.1, -0.05) is 89.5 Å². The number of ketones is 1. The van der Waals surface area contributed by atoms with Crippen molar-refractivity contribution < 1.29 is 18.8 Å². The molecule has 0 amide bonds. The van der Waals surface area contributed by atoms with Gasteiger partial charge in [-0.2, -0.15) is 0 Å². The maximum absolute atomic E-state index is 13.7. The fourth-order valence-electron chi connectivity index (χ4n) is 4.77. The second-order valence-corrected chi connectivity index (χ2v) is 21.8. The van der Waals surface area contributed by atoms with E-state index in [2.05, 4.69) is 75.4 Å². The molecule has 204 valence electrons. The van der Waals surface area contributed by atoms with E-state index in [4.69, 9.17) is 8.85 Å². The molecule has 0 aliphatic rings. The van der Waals surface area contributed by atoms with Crippen LogP contribution in [0.15, 0.2) is 0 Å². The summed E-state index contributed by atoms with van der Waals surface area (Å²) in [6.45, 7) is 30.4.